The Morgan fingerprint density at radius 1 is 1.40 bits per heavy atom. The Hall–Kier alpha value is -1.43. The average Bonchev–Trinajstić information content (AvgIpc) is 2.93. The molecule has 0 amide bonds. The molecule has 0 saturated heterocycles. The summed E-state index contributed by atoms with van der Waals surface area (Å²) in [5, 5.41) is 2.06. The highest BCUT2D eigenvalue weighted by molar-refractivity contribution is 7.10. The van der Waals surface area contributed by atoms with Crippen LogP contribution in [0.4, 0.5) is 4.39 Å². The van der Waals surface area contributed by atoms with Gasteiger partial charge in [-0.2, -0.15) is 0 Å². The van der Waals surface area contributed by atoms with E-state index in [1.807, 2.05) is 6.07 Å². The highest BCUT2D eigenvalue weighted by atomic mass is 32.1. The van der Waals surface area contributed by atoms with Crippen LogP contribution < -0.4 is 16.0 Å². The van der Waals surface area contributed by atoms with Crippen LogP contribution in [0.5, 0.6) is 5.75 Å². The summed E-state index contributed by atoms with van der Waals surface area (Å²) in [6, 6.07) is 7.12. The van der Waals surface area contributed by atoms with Gasteiger partial charge in [0.2, 0.25) is 0 Å². The van der Waals surface area contributed by atoms with Gasteiger partial charge in [-0.25, -0.2) is 4.39 Å². The molecule has 3 nitrogen and oxygen atoms in total. The lowest BCUT2D eigenvalue weighted by atomic mass is 10.0. The largest absolute Gasteiger partial charge is 0.494 e. The van der Waals surface area contributed by atoms with E-state index in [9.17, 15) is 4.39 Å². The molecule has 1 heterocycles. The summed E-state index contributed by atoms with van der Waals surface area (Å²) in [5.41, 5.74) is 5.01. The molecule has 0 radical (unpaired) electrons. The molecule has 0 aliphatic rings. The van der Waals surface area contributed by atoms with Crippen LogP contribution in [-0.4, -0.2) is 7.11 Å². The van der Waals surface area contributed by atoms with Gasteiger partial charge in [0, 0.05) is 4.88 Å². The summed E-state index contributed by atoms with van der Waals surface area (Å²) in [7, 11) is 1.46. The smallest absolute Gasteiger partial charge is 0.165 e. The Kier molecular flexibility index (Phi) is 5.11. The molecule has 0 saturated carbocycles. The second-order valence-corrected chi connectivity index (χ2v) is 5.50. The zero-order chi connectivity index (χ0) is 14.5. The van der Waals surface area contributed by atoms with Gasteiger partial charge >= 0.3 is 0 Å². The summed E-state index contributed by atoms with van der Waals surface area (Å²) in [6.07, 6.45) is 1.61. The second-order valence-electron chi connectivity index (χ2n) is 4.56. The first-order chi connectivity index (χ1) is 9.69. The van der Waals surface area contributed by atoms with Crippen molar-refractivity contribution >= 4 is 11.3 Å². The predicted molar refractivity (Wildman–Crippen MR) is 80.4 cm³/mol. The minimum Gasteiger partial charge on any atom is -0.494 e. The molecular formula is C15H19FN2OS. The molecule has 1 aromatic heterocycles. The first kappa shape index (κ1) is 15.0. The van der Waals surface area contributed by atoms with Gasteiger partial charge in [0.1, 0.15) is 0 Å². The number of halogens is 1. The van der Waals surface area contributed by atoms with Crippen LogP contribution in [0.25, 0.3) is 0 Å². The maximum atomic E-state index is 13.7. The molecule has 2 aromatic rings. The Morgan fingerprint density at radius 2 is 2.20 bits per heavy atom. The number of rotatable bonds is 6. The number of nitrogens with one attached hydrogen (secondary N) is 1. The summed E-state index contributed by atoms with van der Waals surface area (Å²) in [4.78, 5) is 1.21. The average molecular weight is 294 g/mol. The standard InChI is InChI=1S/C15H19FN2OS/c1-3-11-6-7-20-15(11)13(18-17)9-10-4-5-14(19-2)12(16)8-10/h4-8,13,18H,3,9,17H2,1-2H3. The first-order valence-electron chi connectivity index (χ1n) is 6.54. The normalized spacial score (nSPS) is 12.4. The molecule has 0 spiro atoms. The third kappa shape index (κ3) is 3.17. The van der Waals surface area contributed by atoms with Gasteiger partial charge in [-0.15, -0.1) is 11.3 Å². The van der Waals surface area contributed by atoms with E-state index in [1.54, 1.807) is 17.4 Å². The van der Waals surface area contributed by atoms with Crippen molar-refractivity contribution in [1.82, 2.24) is 5.43 Å². The number of benzene rings is 1. The molecule has 0 aliphatic heterocycles. The van der Waals surface area contributed by atoms with Gasteiger partial charge in [0.15, 0.2) is 11.6 Å². The predicted octanol–water partition coefficient (Wildman–Crippen LogP) is 3.21. The van der Waals surface area contributed by atoms with E-state index >= 15 is 0 Å². The van der Waals surface area contributed by atoms with Crippen molar-refractivity contribution in [2.45, 2.75) is 25.8 Å². The van der Waals surface area contributed by atoms with Crippen LogP contribution in [-0.2, 0) is 12.8 Å². The topological polar surface area (TPSA) is 47.3 Å². The number of aryl methyl sites for hydroxylation is 1. The molecule has 1 atom stereocenters. The van der Waals surface area contributed by atoms with Gasteiger partial charge < -0.3 is 4.74 Å². The van der Waals surface area contributed by atoms with E-state index in [0.29, 0.717) is 6.42 Å². The number of hydrazine groups is 1. The molecule has 1 aromatic carbocycles. The van der Waals surface area contributed by atoms with Crippen molar-refractivity contribution in [1.29, 1.82) is 0 Å². The number of hydrogen-bond acceptors (Lipinski definition) is 4. The fourth-order valence-corrected chi connectivity index (χ4v) is 3.30. The number of methoxy groups -OCH3 is 1. The van der Waals surface area contributed by atoms with Gasteiger partial charge in [-0.1, -0.05) is 13.0 Å². The molecule has 108 valence electrons. The van der Waals surface area contributed by atoms with Crippen molar-refractivity contribution in [2.24, 2.45) is 5.84 Å². The molecular weight excluding hydrogens is 275 g/mol. The Morgan fingerprint density at radius 3 is 2.80 bits per heavy atom. The molecule has 20 heavy (non-hydrogen) atoms. The summed E-state index contributed by atoms with van der Waals surface area (Å²) < 4.78 is 18.6. The maximum Gasteiger partial charge on any atom is 0.165 e. The lowest BCUT2D eigenvalue weighted by Crippen LogP contribution is -2.29. The van der Waals surface area contributed by atoms with Crippen molar-refractivity contribution in [3.8, 4) is 5.75 Å². The van der Waals surface area contributed by atoms with Gasteiger partial charge in [-0.3, -0.25) is 11.3 Å². The molecule has 2 rings (SSSR count). The lowest BCUT2D eigenvalue weighted by molar-refractivity contribution is 0.386. The van der Waals surface area contributed by atoms with E-state index in [1.165, 1.54) is 23.6 Å². The SMILES string of the molecule is CCc1ccsc1C(Cc1ccc(OC)c(F)c1)NN. The Balaban J connectivity index is 2.20. The van der Waals surface area contributed by atoms with Crippen molar-refractivity contribution in [3.63, 3.8) is 0 Å². The molecule has 0 fully saturated rings. The van der Waals surface area contributed by atoms with E-state index < -0.39 is 0 Å². The van der Waals surface area contributed by atoms with E-state index in [4.69, 9.17) is 10.6 Å². The van der Waals surface area contributed by atoms with E-state index in [0.717, 1.165) is 12.0 Å². The minimum absolute atomic E-state index is 0.00209. The Bertz CT molecular complexity index is 571. The highest BCUT2D eigenvalue weighted by Gasteiger charge is 2.16. The van der Waals surface area contributed by atoms with Crippen LogP contribution in [0, 0.1) is 5.82 Å². The van der Waals surface area contributed by atoms with Crippen LogP contribution in [0.1, 0.15) is 29.0 Å². The zero-order valence-electron chi connectivity index (χ0n) is 11.7. The molecule has 5 heteroatoms. The third-order valence-electron chi connectivity index (χ3n) is 3.34. The number of hydrogen-bond donors (Lipinski definition) is 2. The van der Waals surface area contributed by atoms with Gasteiger partial charge in [0.05, 0.1) is 13.2 Å². The van der Waals surface area contributed by atoms with Gasteiger partial charge in [-0.05, 0) is 47.5 Å². The lowest BCUT2D eigenvalue weighted by Gasteiger charge is -2.16. The monoisotopic (exact) mass is 294 g/mol. The fourth-order valence-electron chi connectivity index (χ4n) is 2.25. The Labute approximate surface area is 122 Å². The van der Waals surface area contributed by atoms with E-state index in [2.05, 4.69) is 23.8 Å². The maximum absolute atomic E-state index is 13.7. The molecule has 0 bridgehead atoms. The molecule has 0 aliphatic carbocycles. The highest BCUT2D eigenvalue weighted by Crippen LogP contribution is 2.28. The summed E-state index contributed by atoms with van der Waals surface area (Å²) in [6.45, 7) is 2.12. The minimum atomic E-state index is -0.345. The van der Waals surface area contributed by atoms with Crippen LogP contribution in [0.3, 0.4) is 0 Å². The number of nitrogens with two attached hydrogens (primary N) is 1. The molecule has 3 N–H and O–H groups in total. The number of thiophene rings is 1. The first-order valence-corrected chi connectivity index (χ1v) is 7.42. The quantitative estimate of drug-likeness (QED) is 0.635. The van der Waals surface area contributed by atoms with Crippen LogP contribution in [0.2, 0.25) is 0 Å². The molecule has 1 unspecified atom stereocenters. The van der Waals surface area contributed by atoms with Crippen molar-refractivity contribution < 1.29 is 9.13 Å². The van der Waals surface area contributed by atoms with Crippen LogP contribution in [0.15, 0.2) is 29.6 Å². The van der Waals surface area contributed by atoms with Crippen molar-refractivity contribution in [3.05, 3.63) is 51.5 Å². The number of ether oxygens (including phenoxy) is 1. The summed E-state index contributed by atoms with van der Waals surface area (Å²) in [5.74, 6) is 5.58. The fraction of sp³-hybridized carbons (Fsp3) is 0.333. The van der Waals surface area contributed by atoms with E-state index in [-0.39, 0.29) is 17.6 Å². The van der Waals surface area contributed by atoms with Crippen LogP contribution >= 0.6 is 11.3 Å². The third-order valence-corrected chi connectivity index (χ3v) is 4.41. The second kappa shape index (κ2) is 6.83. The summed E-state index contributed by atoms with van der Waals surface area (Å²) >= 11 is 1.68. The zero-order valence-corrected chi connectivity index (χ0v) is 12.5. The van der Waals surface area contributed by atoms with Crippen molar-refractivity contribution in [2.75, 3.05) is 7.11 Å². The van der Waals surface area contributed by atoms with Gasteiger partial charge in [0.25, 0.3) is 0 Å².